The Kier molecular flexibility index (Phi) is 4.61. The molecule has 4 aliphatic rings. The lowest BCUT2D eigenvalue weighted by molar-refractivity contribution is -0.169. The van der Waals surface area contributed by atoms with Crippen LogP contribution in [0.25, 0.3) is 0 Å². The van der Waals surface area contributed by atoms with Crippen molar-refractivity contribution in [3.63, 3.8) is 0 Å². The Balaban J connectivity index is 1.60. The Morgan fingerprint density at radius 1 is 1.11 bits per heavy atom. The largest absolute Gasteiger partial charge is 0.458 e. The average Bonchev–Trinajstić information content (AvgIpc) is 2.92. The summed E-state index contributed by atoms with van der Waals surface area (Å²) in [5, 5.41) is 11.5. The third-order valence-corrected chi connectivity index (χ3v) is 8.98. The van der Waals surface area contributed by atoms with Crippen LogP contribution in [0.4, 0.5) is 0 Å². The highest BCUT2D eigenvalue weighted by Gasteiger charge is 2.66. The molecule has 0 radical (unpaired) electrons. The molecular formula is C23H32O5. The van der Waals surface area contributed by atoms with Crippen molar-refractivity contribution in [2.45, 2.75) is 77.7 Å². The molecule has 5 nitrogen and oxygen atoms in total. The number of rotatable bonds is 3. The molecular weight excluding hydrogens is 356 g/mol. The fraction of sp³-hybridized carbons (Fsp3) is 0.783. The van der Waals surface area contributed by atoms with Gasteiger partial charge in [-0.2, -0.15) is 0 Å². The van der Waals surface area contributed by atoms with E-state index in [4.69, 9.17) is 4.74 Å². The number of carbonyl (C=O) groups is 3. The maximum Gasteiger partial charge on any atom is 0.303 e. The monoisotopic (exact) mass is 388 g/mol. The van der Waals surface area contributed by atoms with Gasteiger partial charge in [0.25, 0.3) is 0 Å². The molecule has 0 bridgehead atoms. The highest BCUT2D eigenvalue weighted by atomic mass is 16.5. The van der Waals surface area contributed by atoms with Crippen LogP contribution in [-0.4, -0.2) is 34.9 Å². The standard InChI is InChI=1S/C23H32O5/c1-14(24)28-13-20(26)23(27)11-8-19-17-5-4-15-12-16(25)6-9-21(15,2)18(17)7-10-22(19,23)3/h12,17-19,27H,4-11,13H2,1-3H3/t17-,18+,19+,21-,22-,23-/m0/s1. The molecule has 0 unspecified atom stereocenters. The Morgan fingerprint density at radius 3 is 2.54 bits per heavy atom. The fourth-order valence-electron chi connectivity index (χ4n) is 7.32. The minimum atomic E-state index is -1.41. The van der Waals surface area contributed by atoms with Gasteiger partial charge in [0.05, 0.1) is 0 Å². The fourth-order valence-corrected chi connectivity index (χ4v) is 7.32. The topological polar surface area (TPSA) is 80.7 Å². The van der Waals surface area contributed by atoms with E-state index in [9.17, 15) is 19.5 Å². The molecule has 4 aliphatic carbocycles. The number of esters is 1. The van der Waals surface area contributed by atoms with Crippen LogP contribution in [0.15, 0.2) is 11.6 Å². The molecule has 154 valence electrons. The van der Waals surface area contributed by atoms with Gasteiger partial charge in [-0.25, -0.2) is 0 Å². The van der Waals surface area contributed by atoms with E-state index in [2.05, 4.69) is 13.8 Å². The van der Waals surface area contributed by atoms with Gasteiger partial charge in [0.2, 0.25) is 5.78 Å². The van der Waals surface area contributed by atoms with Crippen LogP contribution in [0, 0.1) is 28.6 Å². The van der Waals surface area contributed by atoms with Crippen LogP contribution in [0.2, 0.25) is 0 Å². The number of hydrogen-bond donors (Lipinski definition) is 1. The van der Waals surface area contributed by atoms with Crippen LogP contribution in [-0.2, 0) is 19.1 Å². The number of carbonyl (C=O) groups excluding carboxylic acids is 3. The number of hydrogen-bond acceptors (Lipinski definition) is 5. The summed E-state index contributed by atoms with van der Waals surface area (Å²) in [6, 6.07) is 0. The molecule has 4 rings (SSSR count). The Hall–Kier alpha value is -1.49. The van der Waals surface area contributed by atoms with Gasteiger partial charge >= 0.3 is 5.97 Å². The minimum absolute atomic E-state index is 0.0839. The molecule has 0 aromatic heterocycles. The Labute approximate surface area is 166 Å². The van der Waals surface area contributed by atoms with Crippen LogP contribution >= 0.6 is 0 Å². The Bertz CT molecular complexity index is 754. The summed E-state index contributed by atoms with van der Waals surface area (Å²) in [5.74, 6) is 0.712. The van der Waals surface area contributed by atoms with Gasteiger partial charge < -0.3 is 9.84 Å². The van der Waals surface area contributed by atoms with E-state index in [1.54, 1.807) is 0 Å². The van der Waals surface area contributed by atoms with Crippen molar-refractivity contribution in [2.24, 2.45) is 28.6 Å². The van der Waals surface area contributed by atoms with Crippen molar-refractivity contribution < 1.29 is 24.2 Å². The van der Waals surface area contributed by atoms with E-state index in [1.165, 1.54) is 12.5 Å². The highest BCUT2D eigenvalue weighted by Crippen LogP contribution is 2.67. The molecule has 0 aliphatic heterocycles. The lowest BCUT2D eigenvalue weighted by Gasteiger charge is -2.58. The normalized spacial score (nSPS) is 44.8. The van der Waals surface area contributed by atoms with Gasteiger partial charge in [-0.3, -0.25) is 14.4 Å². The number of ketones is 2. The van der Waals surface area contributed by atoms with Crippen molar-refractivity contribution >= 4 is 17.5 Å². The van der Waals surface area contributed by atoms with Crippen molar-refractivity contribution in [3.05, 3.63) is 11.6 Å². The summed E-state index contributed by atoms with van der Waals surface area (Å²) < 4.78 is 4.92. The van der Waals surface area contributed by atoms with Crippen molar-refractivity contribution in [2.75, 3.05) is 6.61 Å². The molecule has 5 heteroatoms. The second-order valence-electron chi connectivity index (χ2n) is 10.0. The van der Waals surface area contributed by atoms with Gasteiger partial charge in [0, 0.05) is 18.8 Å². The first-order chi connectivity index (χ1) is 13.1. The predicted molar refractivity (Wildman–Crippen MR) is 103 cm³/mol. The van der Waals surface area contributed by atoms with Gasteiger partial charge in [-0.1, -0.05) is 19.4 Å². The van der Waals surface area contributed by atoms with E-state index in [-0.39, 0.29) is 23.6 Å². The molecule has 0 aromatic rings. The van der Waals surface area contributed by atoms with E-state index < -0.39 is 17.0 Å². The quantitative estimate of drug-likeness (QED) is 0.750. The van der Waals surface area contributed by atoms with E-state index in [0.717, 1.165) is 38.5 Å². The van der Waals surface area contributed by atoms with Gasteiger partial charge in [-0.05, 0) is 74.2 Å². The third-order valence-electron chi connectivity index (χ3n) is 8.98. The number of fused-ring (bicyclic) bond motifs is 5. The smallest absolute Gasteiger partial charge is 0.303 e. The first-order valence-corrected chi connectivity index (χ1v) is 10.7. The summed E-state index contributed by atoms with van der Waals surface area (Å²) in [6.07, 6.45) is 8.53. The molecule has 3 fully saturated rings. The van der Waals surface area contributed by atoms with Gasteiger partial charge in [0.15, 0.2) is 12.4 Å². The first-order valence-electron chi connectivity index (χ1n) is 10.7. The number of ether oxygens (including phenoxy) is 1. The van der Waals surface area contributed by atoms with E-state index >= 15 is 0 Å². The molecule has 0 amide bonds. The molecule has 0 aromatic carbocycles. The van der Waals surface area contributed by atoms with Crippen molar-refractivity contribution in [3.8, 4) is 0 Å². The maximum atomic E-state index is 12.8. The summed E-state index contributed by atoms with van der Waals surface area (Å²) in [5.41, 5.74) is -0.459. The molecule has 1 N–H and O–H groups in total. The van der Waals surface area contributed by atoms with Crippen molar-refractivity contribution in [1.29, 1.82) is 0 Å². The molecule has 6 atom stereocenters. The zero-order valence-corrected chi connectivity index (χ0v) is 17.3. The second kappa shape index (κ2) is 6.51. The zero-order chi connectivity index (χ0) is 20.3. The maximum absolute atomic E-state index is 12.8. The highest BCUT2D eigenvalue weighted by molar-refractivity contribution is 5.92. The lowest BCUT2D eigenvalue weighted by Crippen LogP contribution is -2.58. The van der Waals surface area contributed by atoms with E-state index in [0.29, 0.717) is 30.6 Å². The lowest BCUT2D eigenvalue weighted by atomic mass is 9.46. The molecule has 3 saturated carbocycles. The zero-order valence-electron chi connectivity index (χ0n) is 17.3. The molecule has 0 spiro atoms. The second-order valence-corrected chi connectivity index (χ2v) is 10.0. The predicted octanol–water partition coefficient (Wildman–Crippen LogP) is 3.38. The number of aliphatic hydroxyl groups is 1. The summed E-state index contributed by atoms with van der Waals surface area (Å²) >= 11 is 0. The summed E-state index contributed by atoms with van der Waals surface area (Å²) in [6.45, 7) is 5.35. The summed E-state index contributed by atoms with van der Waals surface area (Å²) in [7, 11) is 0. The van der Waals surface area contributed by atoms with E-state index in [1.807, 2.05) is 6.08 Å². The van der Waals surface area contributed by atoms with Crippen molar-refractivity contribution in [1.82, 2.24) is 0 Å². The third kappa shape index (κ3) is 2.65. The van der Waals surface area contributed by atoms with Gasteiger partial charge in [-0.15, -0.1) is 0 Å². The number of allylic oxidation sites excluding steroid dienone is 1. The SMILES string of the molecule is CC(=O)OCC(=O)[C@@]1(O)CC[C@@H]2[C@H]3CCC4=CC(=O)CC[C@]4(C)[C@@H]3CC[C@@]21C. The van der Waals surface area contributed by atoms with Gasteiger partial charge in [0.1, 0.15) is 5.60 Å². The molecule has 0 heterocycles. The summed E-state index contributed by atoms with van der Waals surface area (Å²) in [4.78, 5) is 35.9. The Morgan fingerprint density at radius 2 is 1.82 bits per heavy atom. The molecule has 0 saturated heterocycles. The minimum Gasteiger partial charge on any atom is -0.458 e. The number of Topliss-reactive ketones (excluding diaryl/α,β-unsaturated/α-hetero) is 1. The van der Waals surface area contributed by atoms with Crippen LogP contribution in [0.1, 0.15) is 72.1 Å². The first kappa shape index (κ1) is 19.8. The molecule has 28 heavy (non-hydrogen) atoms. The van der Waals surface area contributed by atoms with Crippen LogP contribution < -0.4 is 0 Å². The average molecular weight is 389 g/mol. The van der Waals surface area contributed by atoms with Crippen LogP contribution in [0.5, 0.6) is 0 Å². The van der Waals surface area contributed by atoms with Crippen LogP contribution in [0.3, 0.4) is 0 Å².